The van der Waals surface area contributed by atoms with Crippen LogP contribution < -0.4 is 5.32 Å². The highest BCUT2D eigenvalue weighted by Crippen LogP contribution is 2.27. The predicted octanol–water partition coefficient (Wildman–Crippen LogP) is 1.53. The summed E-state index contributed by atoms with van der Waals surface area (Å²) in [6, 6.07) is 0.808. The second-order valence-corrected chi connectivity index (χ2v) is 3.80. The Morgan fingerprint density at radius 3 is 2.23 bits per heavy atom. The van der Waals surface area contributed by atoms with Crippen molar-refractivity contribution in [3.8, 4) is 0 Å². The quantitative estimate of drug-likeness (QED) is 0.769. The zero-order chi connectivity index (χ0) is 7.68. The lowest BCUT2D eigenvalue weighted by atomic mass is 9.84. The zero-order valence-corrected chi connectivity index (χ0v) is 9.79. The molecule has 80 valence electrons. The van der Waals surface area contributed by atoms with Gasteiger partial charge >= 0.3 is 0 Å². The van der Waals surface area contributed by atoms with Gasteiger partial charge in [-0.2, -0.15) is 0 Å². The van der Waals surface area contributed by atoms with Crippen molar-refractivity contribution in [2.45, 2.75) is 25.8 Å². The summed E-state index contributed by atoms with van der Waals surface area (Å²) in [6.45, 7) is 7.35. The number of nitrogens with one attached hydrogen (secondary N) is 1. The summed E-state index contributed by atoms with van der Waals surface area (Å²) in [5, 5.41) is 3.57. The molecule has 1 atom stereocenters. The van der Waals surface area contributed by atoms with Crippen LogP contribution in [0.5, 0.6) is 0 Å². The summed E-state index contributed by atoms with van der Waals surface area (Å²) in [7, 11) is 0. The van der Waals surface area contributed by atoms with Crippen molar-refractivity contribution in [3.63, 3.8) is 0 Å². The Kier molecular flexibility index (Phi) is 6.31. The van der Waals surface area contributed by atoms with E-state index in [1.165, 1.54) is 32.5 Å². The molecule has 13 heavy (non-hydrogen) atoms. The van der Waals surface area contributed by atoms with E-state index < -0.39 is 0 Å². The predicted molar refractivity (Wildman–Crippen MR) is 61.1 cm³/mol. The number of piperidine rings is 3. The number of likely N-dealkylation sites (N-methyl/N-ethyl adjacent to an activating group) is 1. The number of hydrogen-bond donors (Lipinski definition) is 1. The van der Waals surface area contributed by atoms with Crippen LogP contribution in [0, 0.1) is 5.92 Å². The summed E-state index contributed by atoms with van der Waals surface area (Å²) < 4.78 is 0. The second-order valence-electron chi connectivity index (χ2n) is 3.80. The van der Waals surface area contributed by atoms with Crippen LogP contribution in [0.4, 0.5) is 0 Å². The summed E-state index contributed by atoms with van der Waals surface area (Å²) >= 11 is 0. The van der Waals surface area contributed by atoms with Crippen molar-refractivity contribution >= 4 is 24.8 Å². The van der Waals surface area contributed by atoms with Crippen molar-refractivity contribution in [1.82, 2.24) is 10.2 Å². The van der Waals surface area contributed by atoms with Crippen LogP contribution in [0.2, 0.25) is 0 Å². The molecule has 1 N–H and O–H groups in total. The standard InChI is InChI=1S/C9H18N2.2ClH/c1-2-10-9-7-11-5-3-8(9)4-6-11;;/h8-10H,2-7H2,1H3;2*1H. The zero-order valence-electron chi connectivity index (χ0n) is 8.16. The fraction of sp³-hybridized carbons (Fsp3) is 1.00. The SMILES string of the molecule is CCNC1CN2CCC1CC2.Cl.Cl. The lowest BCUT2D eigenvalue weighted by Gasteiger charge is -2.45. The molecule has 0 aromatic heterocycles. The van der Waals surface area contributed by atoms with Gasteiger partial charge in [0.2, 0.25) is 0 Å². The molecule has 0 aromatic carbocycles. The average molecular weight is 227 g/mol. The van der Waals surface area contributed by atoms with Gasteiger partial charge in [0.15, 0.2) is 0 Å². The van der Waals surface area contributed by atoms with Crippen molar-refractivity contribution in [2.75, 3.05) is 26.2 Å². The van der Waals surface area contributed by atoms with Crippen LogP contribution >= 0.6 is 24.8 Å². The topological polar surface area (TPSA) is 15.3 Å². The monoisotopic (exact) mass is 226 g/mol. The Morgan fingerprint density at radius 1 is 1.23 bits per heavy atom. The van der Waals surface area contributed by atoms with Crippen molar-refractivity contribution in [2.24, 2.45) is 5.92 Å². The largest absolute Gasteiger partial charge is 0.313 e. The van der Waals surface area contributed by atoms with E-state index in [2.05, 4.69) is 17.1 Å². The molecule has 0 spiro atoms. The average Bonchev–Trinajstić information content (AvgIpc) is 2.07. The number of fused-ring (bicyclic) bond motifs is 3. The number of hydrogen-bond acceptors (Lipinski definition) is 2. The molecule has 3 rings (SSSR count). The van der Waals surface area contributed by atoms with Gasteiger partial charge in [-0.05, 0) is 38.4 Å². The first kappa shape index (κ1) is 13.5. The Hall–Kier alpha value is 0.500. The second kappa shape index (κ2) is 6.07. The molecule has 0 aliphatic carbocycles. The van der Waals surface area contributed by atoms with E-state index >= 15 is 0 Å². The molecule has 2 nitrogen and oxygen atoms in total. The van der Waals surface area contributed by atoms with Crippen LogP contribution in [0.3, 0.4) is 0 Å². The van der Waals surface area contributed by atoms with Crippen LogP contribution in [-0.2, 0) is 0 Å². The smallest absolute Gasteiger partial charge is 0.0224 e. The third-order valence-electron chi connectivity index (χ3n) is 3.12. The highest BCUT2D eigenvalue weighted by molar-refractivity contribution is 5.85. The van der Waals surface area contributed by atoms with E-state index in [1.807, 2.05) is 0 Å². The van der Waals surface area contributed by atoms with Gasteiger partial charge in [-0.1, -0.05) is 6.92 Å². The molecule has 3 heterocycles. The molecule has 3 aliphatic rings. The lowest BCUT2D eigenvalue weighted by Crippen LogP contribution is -2.55. The third-order valence-corrected chi connectivity index (χ3v) is 3.12. The van der Waals surface area contributed by atoms with E-state index in [-0.39, 0.29) is 24.8 Å². The van der Waals surface area contributed by atoms with Crippen LogP contribution in [0.1, 0.15) is 19.8 Å². The van der Waals surface area contributed by atoms with E-state index in [0.717, 1.165) is 18.5 Å². The van der Waals surface area contributed by atoms with Gasteiger partial charge in [0, 0.05) is 12.6 Å². The number of halogens is 2. The maximum atomic E-state index is 3.57. The Morgan fingerprint density at radius 2 is 1.85 bits per heavy atom. The first-order chi connectivity index (χ1) is 5.40. The maximum Gasteiger partial charge on any atom is 0.0224 e. The molecule has 0 aromatic rings. The summed E-state index contributed by atoms with van der Waals surface area (Å²) in [5.74, 6) is 0.986. The van der Waals surface area contributed by atoms with Gasteiger partial charge in [0.1, 0.15) is 0 Å². The molecule has 1 unspecified atom stereocenters. The number of rotatable bonds is 2. The first-order valence-corrected chi connectivity index (χ1v) is 4.86. The van der Waals surface area contributed by atoms with E-state index in [9.17, 15) is 0 Å². The minimum atomic E-state index is 0. The molecule has 2 bridgehead atoms. The first-order valence-electron chi connectivity index (χ1n) is 4.86. The minimum absolute atomic E-state index is 0. The lowest BCUT2D eigenvalue weighted by molar-refractivity contribution is 0.0737. The van der Waals surface area contributed by atoms with Crippen molar-refractivity contribution < 1.29 is 0 Å². The van der Waals surface area contributed by atoms with Gasteiger partial charge in [-0.3, -0.25) is 0 Å². The van der Waals surface area contributed by atoms with E-state index in [4.69, 9.17) is 0 Å². The molecule has 0 amide bonds. The van der Waals surface area contributed by atoms with Crippen LogP contribution in [-0.4, -0.2) is 37.1 Å². The molecular weight excluding hydrogens is 207 g/mol. The molecule has 4 heteroatoms. The maximum absolute atomic E-state index is 3.57. The third kappa shape index (κ3) is 2.98. The molecule has 3 aliphatic heterocycles. The van der Waals surface area contributed by atoms with E-state index in [0.29, 0.717) is 0 Å². The van der Waals surface area contributed by atoms with Crippen LogP contribution in [0.15, 0.2) is 0 Å². The molecule has 3 saturated heterocycles. The Labute approximate surface area is 93.3 Å². The minimum Gasteiger partial charge on any atom is -0.313 e. The van der Waals surface area contributed by atoms with Crippen molar-refractivity contribution in [3.05, 3.63) is 0 Å². The summed E-state index contributed by atoms with van der Waals surface area (Å²) in [5.41, 5.74) is 0. The fourth-order valence-corrected chi connectivity index (χ4v) is 2.46. The van der Waals surface area contributed by atoms with Crippen molar-refractivity contribution in [1.29, 1.82) is 0 Å². The van der Waals surface area contributed by atoms with E-state index in [1.54, 1.807) is 0 Å². The van der Waals surface area contributed by atoms with Gasteiger partial charge in [0.05, 0.1) is 0 Å². The van der Waals surface area contributed by atoms with Crippen LogP contribution in [0.25, 0.3) is 0 Å². The Bertz CT molecular complexity index is 136. The molecule has 0 saturated carbocycles. The summed E-state index contributed by atoms with van der Waals surface area (Å²) in [4.78, 5) is 2.59. The number of nitrogens with zero attached hydrogens (tertiary/aromatic N) is 1. The molecule has 0 radical (unpaired) electrons. The normalized spacial score (nSPS) is 36.2. The summed E-state index contributed by atoms with van der Waals surface area (Å²) in [6.07, 6.45) is 2.86. The van der Waals surface area contributed by atoms with Gasteiger partial charge in [0.25, 0.3) is 0 Å². The molecular formula is C9H20Cl2N2. The highest BCUT2D eigenvalue weighted by atomic mass is 35.5. The fourth-order valence-electron chi connectivity index (χ4n) is 2.46. The highest BCUT2D eigenvalue weighted by Gasteiger charge is 2.32. The van der Waals surface area contributed by atoms with Gasteiger partial charge in [-0.25, -0.2) is 0 Å². The van der Waals surface area contributed by atoms with Gasteiger partial charge in [-0.15, -0.1) is 24.8 Å². The Balaban J connectivity index is 0.000000720. The van der Waals surface area contributed by atoms with Gasteiger partial charge < -0.3 is 10.2 Å². The molecule has 3 fully saturated rings.